The lowest BCUT2D eigenvalue weighted by Crippen LogP contribution is -2.48. The van der Waals surface area contributed by atoms with E-state index in [2.05, 4.69) is 14.9 Å². The van der Waals surface area contributed by atoms with Crippen LogP contribution in [0.5, 0.6) is 0 Å². The molecule has 0 bridgehead atoms. The average molecular weight is 435 g/mol. The van der Waals surface area contributed by atoms with E-state index in [1.54, 1.807) is 4.90 Å². The van der Waals surface area contributed by atoms with E-state index in [0.717, 1.165) is 16.8 Å². The number of rotatable bonds is 6. The minimum absolute atomic E-state index is 0.162. The molecular weight excluding hydrogens is 410 g/mol. The predicted octanol–water partition coefficient (Wildman–Crippen LogP) is 3.85. The third-order valence-electron chi connectivity index (χ3n) is 5.82. The van der Waals surface area contributed by atoms with Crippen molar-refractivity contribution in [3.05, 3.63) is 76.2 Å². The number of cyclic esters (lactones) is 1. The molecular formula is C23H25N5O4. The molecule has 2 fully saturated rings. The lowest BCUT2D eigenvalue weighted by molar-refractivity contribution is -0.142. The highest BCUT2D eigenvalue weighted by atomic mass is 16.6. The van der Waals surface area contributed by atoms with E-state index < -0.39 is 0 Å². The maximum absolute atomic E-state index is 12.3. The summed E-state index contributed by atoms with van der Waals surface area (Å²) in [6.45, 7) is 3.03. The van der Waals surface area contributed by atoms with E-state index in [0.29, 0.717) is 32.6 Å². The molecule has 2 aromatic carbocycles. The number of benzene rings is 2. The Morgan fingerprint density at radius 3 is 2.50 bits per heavy atom. The van der Waals surface area contributed by atoms with Crippen LogP contribution in [0.15, 0.2) is 59.7 Å². The van der Waals surface area contributed by atoms with Gasteiger partial charge in [0.2, 0.25) is 0 Å². The van der Waals surface area contributed by atoms with Gasteiger partial charge in [-0.15, -0.1) is 0 Å². The highest BCUT2D eigenvalue weighted by Gasteiger charge is 2.35. The fraction of sp³-hybridized carbons (Fsp3) is 0.391. The van der Waals surface area contributed by atoms with Crippen molar-refractivity contribution >= 4 is 17.7 Å². The fourth-order valence-corrected chi connectivity index (χ4v) is 4.04. The lowest BCUT2D eigenvalue weighted by atomic mass is 9.95. The summed E-state index contributed by atoms with van der Waals surface area (Å²) in [5.41, 5.74) is 11.3. The molecule has 2 aliphatic heterocycles. The number of carbonyl (C=O) groups excluding carboxylic acids is 2. The molecule has 0 saturated carbocycles. The minimum Gasteiger partial charge on any atom is -0.462 e. The summed E-state index contributed by atoms with van der Waals surface area (Å²) in [5, 5.41) is 3.50. The molecule has 0 N–H and O–H groups in total. The van der Waals surface area contributed by atoms with Crippen LogP contribution in [0.25, 0.3) is 10.4 Å². The third kappa shape index (κ3) is 5.12. The van der Waals surface area contributed by atoms with Crippen LogP contribution in [0.1, 0.15) is 23.5 Å². The van der Waals surface area contributed by atoms with Gasteiger partial charge >= 0.3 is 12.1 Å². The monoisotopic (exact) mass is 435 g/mol. The Balaban J connectivity index is 1.27. The average Bonchev–Trinajstić information content (AvgIpc) is 3.22. The van der Waals surface area contributed by atoms with Crippen molar-refractivity contribution in [2.24, 2.45) is 5.11 Å². The molecule has 2 atom stereocenters. The van der Waals surface area contributed by atoms with Crippen molar-refractivity contribution in [1.29, 1.82) is 0 Å². The summed E-state index contributed by atoms with van der Waals surface area (Å²) in [5.74, 6) is -0.613. The van der Waals surface area contributed by atoms with Crippen molar-refractivity contribution < 1.29 is 19.1 Å². The van der Waals surface area contributed by atoms with Crippen LogP contribution in [-0.2, 0) is 20.9 Å². The molecule has 1 amide bonds. The fourth-order valence-electron chi connectivity index (χ4n) is 4.04. The van der Waals surface area contributed by atoms with Crippen LogP contribution in [0.4, 0.5) is 10.5 Å². The molecule has 0 radical (unpaired) electrons. The van der Waals surface area contributed by atoms with E-state index in [4.69, 9.17) is 15.0 Å². The summed E-state index contributed by atoms with van der Waals surface area (Å²) in [6.07, 6.45) is -0.141. The quantitative estimate of drug-likeness (QED) is 0.296. The van der Waals surface area contributed by atoms with Crippen molar-refractivity contribution in [1.82, 2.24) is 4.90 Å². The summed E-state index contributed by atoms with van der Waals surface area (Å²) in [4.78, 5) is 31.2. The number of hydrogen-bond donors (Lipinski definition) is 0. The number of esters is 1. The van der Waals surface area contributed by atoms with Gasteiger partial charge in [-0.25, -0.2) is 4.79 Å². The van der Waals surface area contributed by atoms with Gasteiger partial charge in [0, 0.05) is 43.2 Å². The molecule has 2 heterocycles. The Morgan fingerprint density at radius 1 is 1.09 bits per heavy atom. The number of carbonyl (C=O) groups is 2. The van der Waals surface area contributed by atoms with Crippen molar-refractivity contribution in [2.45, 2.75) is 25.0 Å². The highest BCUT2D eigenvalue weighted by Crippen LogP contribution is 2.32. The molecule has 9 heteroatoms. The number of amides is 1. The number of azide groups is 1. The molecule has 32 heavy (non-hydrogen) atoms. The van der Waals surface area contributed by atoms with Crippen molar-refractivity contribution in [3.8, 4) is 0 Å². The van der Waals surface area contributed by atoms with Gasteiger partial charge in [-0.1, -0.05) is 47.6 Å². The number of piperazine rings is 1. The van der Waals surface area contributed by atoms with Crippen LogP contribution >= 0.6 is 0 Å². The molecule has 9 nitrogen and oxygen atoms in total. The topological polar surface area (TPSA) is 108 Å². The van der Waals surface area contributed by atoms with Crippen LogP contribution in [0, 0.1) is 0 Å². The van der Waals surface area contributed by atoms with E-state index in [1.165, 1.54) is 0 Å². The first-order valence-corrected chi connectivity index (χ1v) is 10.7. The smallest absolute Gasteiger partial charge is 0.410 e. The summed E-state index contributed by atoms with van der Waals surface area (Å²) >= 11 is 0. The first-order chi connectivity index (χ1) is 15.6. The second-order valence-corrected chi connectivity index (χ2v) is 7.87. The number of anilines is 1. The maximum atomic E-state index is 12.3. The van der Waals surface area contributed by atoms with E-state index in [9.17, 15) is 9.59 Å². The zero-order chi connectivity index (χ0) is 22.3. The van der Waals surface area contributed by atoms with Crippen LogP contribution in [0.2, 0.25) is 0 Å². The largest absolute Gasteiger partial charge is 0.462 e. The number of ether oxygens (including phenoxy) is 2. The molecule has 1 unspecified atom stereocenters. The van der Waals surface area contributed by atoms with Gasteiger partial charge in [-0.3, -0.25) is 4.79 Å². The molecule has 0 spiro atoms. The Bertz CT molecular complexity index is 983. The highest BCUT2D eigenvalue weighted by molar-refractivity contribution is 5.80. The van der Waals surface area contributed by atoms with Crippen molar-refractivity contribution in [2.75, 3.05) is 37.6 Å². The molecule has 4 rings (SSSR count). The minimum atomic E-state index is -0.363. The van der Waals surface area contributed by atoms with Gasteiger partial charge in [0.05, 0.1) is 12.5 Å². The van der Waals surface area contributed by atoms with Gasteiger partial charge in [0.1, 0.15) is 12.7 Å². The first kappa shape index (κ1) is 21.5. The molecule has 2 aromatic rings. The summed E-state index contributed by atoms with van der Waals surface area (Å²) in [6, 6.07) is 17.5. The van der Waals surface area contributed by atoms with Crippen molar-refractivity contribution in [3.63, 3.8) is 0 Å². The standard InChI is InChI=1S/C23H25N5O4/c24-26-25-15-20-14-21(22(29)32-20)18-6-8-19(9-7-18)27-10-12-28(13-11-27)23(30)31-16-17-4-2-1-3-5-17/h1-9,20-21H,10-16H2/t20?,21-/m1/s1. The molecule has 0 aromatic heterocycles. The van der Waals surface area contributed by atoms with E-state index in [-0.39, 0.29) is 37.2 Å². The summed E-state index contributed by atoms with van der Waals surface area (Å²) < 4.78 is 10.7. The van der Waals surface area contributed by atoms with Crippen LogP contribution in [0.3, 0.4) is 0 Å². The third-order valence-corrected chi connectivity index (χ3v) is 5.82. The lowest BCUT2D eigenvalue weighted by Gasteiger charge is -2.35. The zero-order valence-electron chi connectivity index (χ0n) is 17.7. The Hall–Kier alpha value is -3.71. The number of hydrogen-bond acceptors (Lipinski definition) is 6. The predicted molar refractivity (Wildman–Crippen MR) is 118 cm³/mol. The second-order valence-electron chi connectivity index (χ2n) is 7.87. The molecule has 0 aliphatic carbocycles. The van der Waals surface area contributed by atoms with Gasteiger partial charge in [0.15, 0.2) is 0 Å². The van der Waals surface area contributed by atoms with Crippen LogP contribution in [-0.4, -0.2) is 55.8 Å². The Labute approximate surface area is 186 Å². The van der Waals surface area contributed by atoms with Gasteiger partial charge in [-0.2, -0.15) is 0 Å². The second kappa shape index (κ2) is 10.1. The Morgan fingerprint density at radius 2 is 1.81 bits per heavy atom. The Kier molecular flexibility index (Phi) is 6.77. The normalized spacial score (nSPS) is 20.4. The summed E-state index contributed by atoms with van der Waals surface area (Å²) in [7, 11) is 0. The van der Waals surface area contributed by atoms with Gasteiger partial charge in [0.25, 0.3) is 0 Å². The van der Waals surface area contributed by atoms with E-state index >= 15 is 0 Å². The maximum Gasteiger partial charge on any atom is 0.410 e. The molecule has 2 aliphatic rings. The van der Waals surface area contributed by atoms with Gasteiger partial charge in [-0.05, 0) is 28.8 Å². The molecule has 166 valence electrons. The van der Waals surface area contributed by atoms with Crippen LogP contribution < -0.4 is 4.90 Å². The SMILES string of the molecule is [N-]=[N+]=NCC1C[C@H](c2ccc(N3CCN(C(=O)OCc4ccccc4)CC3)cc2)C(=O)O1. The number of nitrogens with zero attached hydrogens (tertiary/aromatic N) is 5. The van der Waals surface area contributed by atoms with E-state index in [1.807, 2.05) is 54.6 Å². The molecule has 2 saturated heterocycles. The first-order valence-electron chi connectivity index (χ1n) is 10.7. The zero-order valence-corrected chi connectivity index (χ0v) is 17.7. The van der Waals surface area contributed by atoms with Gasteiger partial charge < -0.3 is 19.3 Å².